The average molecular weight is 636 g/mol. The number of rotatable bonds is 19. The highest BCUT2D eigenvalue weighted by Crippen LogP contribution is 2.13. The van der Waals surface area contributed by atoms with E-state index >= 15 is 0 Å². The Morgan fingerprint density at radius 1 is 0.911 bits per heavy atom. The van der Waals surface area contributed by atoms with E-state index in [0.29, 0.717) is 24.2 Å². The van der Waals surface area contributed by atoms with Gasteiger partial charge in [0, 0.05) is 32.4 Å². The van der Waals surface area contributed by atoms with Gasteiger partial charge < -0.3 is 52.6 Å². The summed E-state index contributed by atoms with van der Waals surface area (Å²) in [5.41, 5.74) is 11.5. The molecule has 0 bridgehead atoms. The lowest BCUT2D eigenvalue weighted by Crippen LogP contribution is -2.55. The van der Waals surface area contributed by atoms with Crippen LogP contribution in [0.25, 0.3) is 0 Å². The van der Waals surface area contributed by atoms with Crippen LogP contribution in [0.3, 0.4) is 0 Å². The van der Waals surface area contributed by atoms with Crippen LogP contribution < -0.4 is 38.1 Å². The molecule has 0 radical (unpaired) electrons. The Hall–Kier alpha value is -4.44. The molecular weight excluding hydrogens is 586 g/mol. The highest BCUT2D eigenvalue weighted by Gasteiger charge is 2.29. The third kappa shape index (κ3) is 15.7. The highest BCUT2D eigenvalue weighted by atomic mass is 16.6. The average Bonchev–Trinajstić information content (AvgIpc) is 3.01. The Morgan fingerprint density at radius 3 is 2.16 bits per heavy atom. The third-order valence-electron chi connectivity index (χ3n) is 6.75. The summed E-state index contributed by atoms with van der Waals surface area (Å²) in [5.74, 6) is -2.60. The summed E-state index contributed by atoms with van der Waals surface area (Å²) in [5, 5.41) is 12.8. The number of likely N-dealkylation sites (N-methyl/N-ethyl adjacent to an activating group) is 2. The number of hydrogen-bond acceptors (Lipinski definition) is 9. The molecule has 45 heavy (non-hydrogen) atoms. The van der Waals surface area contributed by atoms with E-state index in [1.165, 1.54) is 4.90 Å². The predicted molar refractivity (Wildman–Crippen MR) is 169 cm³/mol. The first kappa shape index (κ1) is 38.6. The zero-order chi connectivity index (χ0) is 33.9. The lowest BCUT2D eigenvalue weighted by molar-refractivity contribution is -0.132. The van der Waals surface area contributed by atoms with Crippen molar-refractivity contribution >= 4 is 41.4 Å². The summed E-state index contributed by atoms with van der Waals surface area (Å²) in [6.07, 6.45) is 0.0229. The monoisotopic (exact) mass is 635 g/mol. The van der Waals surface area contributed by atoms with Gasteiger partial charge >= 0.3 is 12.1 Å². The van der Waals surface area contributed by atoms with Gasteiger partial charge in [-0.1, -0.05) is 32.9 Å². The molecule has 0 aromatic heterocycles. The van der Waals surface area contributed by atoms with E-state index in [1.54, 1.807) is 45.2 Å². The van der Waals surface area contributed by atoms with Crippen LogP contribution in [0.5, 0.6) is 0 Å². The fraction of sp³-hybridized carbons (Fsp3) is 0.586. The van der Waals surface area contributed by atoms with Gasteiger partial charge in [-0.2, -0.15) is 0 Å². The van der Waals surface area contributed by atoms with Crippen molar-refractivity contribution in [3.8, 4) is 0 Å². The Morgan fingerprint density at radius 2 is 1.58 bits per heavy atom. The molecule has 0 aliphatic rings. The van der Waals surface area contributed by atoms with Crippen LogP contribution in [0.2, 0.25) is 0 Å². The van der Waals surface area contributed by atoms with E-state index in [0.717, 1.165) is 13.1 Å². The fourth-order valence-corrected chi connectivity index (χ4v) is 3.80. The van der Waals surface area contributed by atoms with Gasteiger partial charge in [0.05, 0.1) is 13.1 Å². The maximum Gasteiger partial charge on any atom is 0.409 e. The molecule has 0 saturated carbocycles. The van der Waals surface area contributed by atoms with Crippen LogP contribution >= 0.6 is 0 Å². The highest BCUT2D eigenvalue weighted by molar-refractivity contribution is 5.98. The summed E-state index contributed by atoms with van der Waals surface area (Å²) in [4.78, 5) is 77.0. The maximum absolute atomic E-state index is 13.2. The number of primary amides is 1. The molecule has 7 amide bonds. The van der Waals surface area contributed by atoms with Crippen molar-refractivity contribution in [3.63, 3.8) is 0 Å². The fourth-order valence-electron chi connectivity index (χ4n) is 3.80. The van der Waals surface area contributed by atoms with E-state index in [4.69, 9.17) is 16.2 Å². The lowest BCUT2D eigenvalue weighted by atomic mass is 10.0. The number of carbonyl (C=O) groups is 6. The van der Waals surface area contributed by atoms with E-state index in [-0.39, 0.29) is 38.6 Å². The molecular formula is C29H49N9O7. The summed E-state index contributed by atoms with van der Waals surface area (Å²) < 4.78 is 5.37. The molecule has 16 nitrogen and oxygen atoms in total. The van der Waals surface area contributed by atoms with Gasteiger partial charge in [-0.25, -0.2) is 9.59 Å². The van der Waals surface area contributed by atoms with Crippen molar-refractivity contribution in [3.05, 3.63) is 29.8 Å². The number of urea groups is 1. The number of nitrogens with zero attached hydrogens (tertiary/aromatic N) is 2. The summed E-state index contributed by atoms with van der Waals surface area (Å²) >= 11 is 0. The molecule has 252 valence electrons. The number of benzene rings is 1. The third-order valence-corrected chi connectivity index (χ3v) is 6.75. The van der Waals surface area contributed by atoms with Crippen molar-refractivity contribution in [2.24, 2.45) is 17.4 Å². The quantitative estimate of drug-likeness (QED) is 0.0951. The molecule has 1 aromatic rings. The number of anilines is 1. The maximum atomic E-state index is 13.2. The van der Waals surface area contributed by atoms with E-state index in [9.17, 15) is 28.8 Å². The van der Waals surface area contributed by atoms with Crippen molar-refractivity contribution in [2.45, 2.75) is 52.3 Å². The molecule has 0 saturated heterocycles. The molecule has 9 N–H and O–H groups in total. The Bertz CT molecular complexity index is 1130. The van der Waals surface area contributed by atoms with Crippen molar-refractivity contribution in [1.82, 2.24) is 31.1 Å². The Labute approximate surface area is 264 Å². The number of nitrogens with one attached hydrogen (secondary N) is 5. The van der Waals surface area contributed by atoms with Gasteiger partial charge in [0.15, 0.2) is 0 Å². The number of carbonyl (C=O) groups excluding carboxylic acids is 6. The molecule has 0 spiro atoms. The SMILES string of the molecule is CCN(C)CCN(C)C(=O)OCc1ccc(NC(=O)[C@H](CCCNC(N)=O)NC(=O)[C@@H](NC(=O)CNC(=O)CN)C(C)C)cc1. The van der Waals surface area contributed by atoms with Gasteiger partial charge in [-0.3, -0.25) is 19.2 Å². The zero-order valence-corrected chi connectivity index (χ0v) is 26.8. The van der Waals surface area contributed by atoms with Gasteiger partial charge in [0.1, 0.15) is 18.7 Å². The Kier molecular flexibility index (Phi) is 17.6. The lowest BCUT2D eigenvalue weighted by Gasteiger charge is -2.25. The van der Waals surface area contributed by atoms with Crippen molar-refractivity contribution < 1.29 is 33.5 Å². The second kappa shape index (κ2) is 20.5. The molecule has 0 aliphatic heterocycles. The van der Waals surface area contributed by atoms with Crippen LogP contribution in [-0.2, 0) is 30.5 Å². The van der Waals surface area contributed by atoms with Crippen LogP contribution in [-0.4, -0.2) is 111 Å². The number of ether oxygens (including phenoxy) is 1. The van der Waals surface area contributed by atoms with Crippen LogP contribution in [0.4, 0.5) is 15.3 Å². The first-order valence-corrected chi connectivity index (χ1v) is 14.8. The second-order valence-electron chi connectivity index (χ2n) is 10.8. The molecule has 2 atom stereocenters. The minimum Gasteiger partial charge on any atom is -0.445 e. The minimum absolute atomic E-state index is 0.0464. The number of hydrogen-bond donors (Lipinski definition) is 7. The summed E-state index contributed by atoms with van der Waals surface area (Å²) in [6, 6.07) is 3.94. The van der Waals surface area contributed by atoms with Gasteiger partial charge in [0.2, 0.25) is 23.6 Å². The second-order valence-corrected chi connectivity index (χ2v) is 10.8. The van der Waals surface area contributed by atoms with Crippen LogP contribution in [0, 0.1) is 5.92 Å². The number of nitrogens with two attached hydrogens (primary N) is 2. The van der Waals surface area contributed by atoms with Crippen LogP contribution in [0.15, 0.2) is 24.3 Å². The largest absolute Gasteiger partial charge is 0.445 e. The summed E-state index contributed by atoms with van der Waals surface area (Å²) in [7, 11) is 3.64. The van der Waals surface area contributed by atoms with Crippen molar-refractivity contribution in [2.75, 3.05) is 58.7 Å². The van der Waals surface area contributed by atoms with E-state index < -0.39 is 47.8 Å². The molecule has 0 fully saturated rings. The van der Waals surface area contributed by atoms with Gasteiger partial charge in [-0.15, -0.1) is 0 Å². The molecule has 0 aliphatic carbocycles. The van der Waals surface area contributed by atoms with Crippen molar-refractivity contribution in [1.29, 1.82) is 0 Å². The molecule has 1 aromatic carbocycles. The zero-order valence-electron chi connectivity index (χ0n) is 26.8. The number of amides is 7. The van der Waals surface area contributed by atoms with Gasteiger partial charge in [0.25, 0.3) is 0 Å². The Balaban J connectivity index is 2.85. The molecule has 0 heterocycles. The van der Waals surface area contributed by atoms with Crippen LogP contribution in [0.1, 0.15) is 39.2 Å². The predicted octanol–water partition coefficient (Wildman–Crippen LogP) is -0.706. The van der Waals surface area contributed by atoms with E-state index in [1.807, 2.05) is 14.0 Å². The first-order valence-electron chi connectivity index (χ1n) is 14.8. The molecule has 16 heteroatoms. The molecule has 1 rings (SSSR count). The first-order chi connectivity index (χ1) is 21.3. The molecule has 0 unspecified atom stereocenters. The standard InChI is InChI=1S/C29H49N9O7/c1-6-37(4)14-15-38(5)29(44)45-18-20-9-11-21(12-10-20)34-26(41)22(8-7-13-32-28(31)43)35-27(42)25(19(2)3)36-24(40)17-33-23(39)16-30/h9-12,19,22,25H,6-8,13-18,30H2,1-5H3,(H,33,39)(H,34,41)(H,35,42)(H,36,40)(H3,31,32,43)/t22-,25-/m0/s1. The van der Waals surface area contributed by atoms with E-state index in [2.05, 4.69) is 31.5 Å². The topological polar surface area (TPSA) is 230 Å². The normalized spacial score (nSPS) is 12.1. The smallest absolute Gasteiger partial charge is 0.409 e. The van der Waals surface area contributed by atoms with Gasteiger partial charge in [-0.05, 0) is 50.0 Å². The summed E-state index contributed by atoms with van der Waals surface area (Å²) in [6.45, 7) is 7.18. The minimum atomic E-state index is -1.02.